The van der Waals surface area contributed by atoms with Crippen molar-refractivity contribution in [3.05, 3.63) is 83.0 Å². The van der Waals surface area contributed by atoms with Crippen LogP contribution in [0.1, 0.15) is 30.5 Å². The van der Waals surface area contributed by atoms with Gasteiger partial charge in [0.25, 0.3) is 0 Å². The number of hydrogen-bond donors (Lipinski definition) is 1. The molecule has 0 radical (unpaired) electrons. The van der Waals surface area contributed by atoms with Gasteiger partial charge in [0.15, 0.2) is 0 Å². The summed E-state index contributed by atoms with van der Waals surface area (Å²) in [5.41, 5.74) is 3.41. The Balaban J connectivity index is 1.06. The number of piperidine rings is 1. The molecule has 5 nitrogen and oxygen atoms in total. The van der Waals surface area contributed by atoms with Crippen LogP contribution in [0, 0.1) is 0 Å². The maximum absolute atomic E-state index is 12.5. The van der Waals surface area contributed by atoms with Gasteiger partial charge in [-0.05, 0) is 62.1 Å². The highest BCUT2D eigenvalue weighted by Gasteiger charge is 2.20. The number of amides is 1. The minimum absolute atomic E-state index is 0.00804. The molecule has 2 aliphatic heterocycles. The molecule has 2 aliphatic rings. The van der Waals surface area contributed by atoms with Gasteiger partial charge in [-0.3, -0.25) is 9.20 Å². The molecule has 1 aromatic carbocycles. The van der Waals surface area contributed by atoms with Crippen molar-refractivity contribution in [3.8, 4) is 0 Å². The molecule has 0 unspecified atom stereocenters. The summed E-state index contributed by atoms with van der Waals surface area (Å²) in [6, 6.07) is 17.1. The second kappa shape index (κ2) is 9.76. The highest BCUT2D eigenvalue weighted by molar-refractivity contribution is 8.03. The number of rotatable bonds is 7. The van der Waals surface area contributed by atoms with Gasteiger partial charge >= 0.3 is 0 Å². The first-order chi connectivity index (χ1) is 15.7. The number of allylic oxidation sites excluding steroid dienone is 1. The van der Waals surface area contributed by atoms with E-state index in [0.717, 1.165) is 60.2 Å². The van der Waals surface area contributed by atoms with Crippen LogP contribution in [0.3, 0.4) is 0 Å². The molecule has 1 saturated heterocycles. The maximum atomic E-state index is 12.5. The topological polar surface area (TPSA) is 49.6 Å². The molecule has 0 bridgehead atoms. The summed E-state index contributed by atoms with van der Waals surface area (Å²) >= 11 is 1.66. The molecule has 1 N–H and O–H groups in total. The van der Waals surface area contributed by atoms with E-state index in [9.17, 15) is 4.79 Å². The van der Waals surface area contributed by atoms with E-state index in [1.807, 2.05) is 24.4 Å². The molecule has 5 rings (SSSR count). The van der Waals surface area contributed by atoms with Crippen molar-refractivity contribution in [1.29, 1.82) is 0 Å². The van der Waals surface area contributed by atoms with Gasteiger partial charge in [0.05, 0.1) is 16.9 Å². The average Bonchev–Trinajstić information content (AvgIpc) is 3.24. The van der Waals surface area contributed by atoms with E-state index >= 15 is 0 Å². The number of thioether (sulfide) groups is 1. The Hall–Kier alpha value is -2.83. The van der Waals surface area contributed by atoms with Gasteiger partial charge in [-0.15, -0.1) is 0 Å². The van der Waals surface area contributed by atoms with E-state index in [4.69, 9.17) is 0 Å². The molecule has 4 heterocycles. The number of pyridine rings is 1. The highest BCUT2D eigenvalue weighted by atomic mass is 32.2. The summed E-state index contributed by atoms with van der Waals surface area (Å²) in [7, 11) is 0. The summed E-state index contributed by atoms with van der Waals surface area (Å²) in [6.07, 6.45) is 11.9. The smallest absolute Gasteiger partial charge is 0.244 e. The van der Waals surface area contributed by atoms with E-state index in [2.05, 4.69) is 62.1 Å². The largest absolute Gasteiger partial charge is 0.350 e. The monoisotopic (exact) mass is 444 g/mol. The molecule has 0 aliphatic carbocycles. The van der Waals surface area contributed by atoms with Crippen LogP contribution >= 0.6 is 11.8 Å². The van der Waals surface area contributed by atoms with Crippen LogP contribution in [0.4, 0.5) is 0 Å². The first kappa shape index (κ1) is 21.0. The van der Waals surface area contributed by atoms with Crippen molar-refractivity contribution in [2.24, 2.45) is 0 Å². The molecule has 0 atom stereocenters. The van der Waals surface area contributed by atoms with Gasteiger partial charge in [-0.1, -0.05) is 48.2 Å². The molecule has 0 saturated carbocycles. The quantitative estimate of drug-likeness (QED) is 0.543. The number of aryl methyl sites for hydroxylation is 1. The Morgan fingerprint density at radius 3 is 2.81 bits per heavy atom. The summed E-state index contributed by atoms with van der Waals surface area (Å²) in [5, 5.41) is 4.31. The Kier molecular flexibility index (Phi) is 6.41. The van der Waals surface area contributed by atoms with Crippen molar-refractivity contribution in [3.63, 3.8) is 0 Å². The van der Waals surface area contributed by atoms with Gasteiger partial charge < -0.3 is 10.2 Å². The van der Waals surface area contributed by atoms with Crippen LogP contribution in [-0.2, 0) is 11.2 Å². The Labute approximate surface area is 193 Å². The van der Waals surface area contributed by atoms with Gasteiger partial charge in [0, 0.05) is 30.1 Å². The average molecular weight is 445 g/mol. The summed E-state index contributed by atoms with van der Waals surface area (Å²) < 4.78 is 2.13. The second-order valence-electron chi connectivity index (χ2n) is 8.44. The van der Waals surface area contributed by atoms with Crippen LogP contribution in [0.2, 0.25) is 0 Å². The molecular formula is C26H28N4OS. The third-order valence-corrected chi connectivity index (χ3v) is 7.17. The van der Waals surface area contributed by atoms with Crippen LogP contribution in [0.25, 0.3) is 11.7 Å². The number of nitrogens with zero attached hydrogens (tertiary/aromatic N) is 3. The molecule has 2 aromatic heterocycles. The lowest BCUT2D eigenvalue weighted by molar-refractivity contribution is -0.117. The number of hydrogen-bond acceptors (Lipinski definition) is 4. The van der Waals surface area contributed by atoms with Crippen LogP contribution in [0.5, 0.6) is 0 Å². The Bertz CT molecular complexity index is 1140. The predicted molar refractivity (Wildman–Crippen MR) is 131 cm³/mol. The van der Waals surface area contributed by atoms with E-state index in [1.54, 1.807) is 17.8 Å². The van der Waals surface area contributed by atoms with E-state index < -0.39 is 0 Å². The molecule has 164 valence electrons. The first-order valence-corrected chi connectivity index (χ1v) is 12.2. The zero-order valence-electron chi connectivity index (χ0n) is 18.1. The van der Waals surface area contributed by atoms with Crippen molar-refractivity contribution in [2.75, 3.05) is 19.6 Å². The lowest BCUT2D eigenvalue weighted by Gasteiger charge is -2.32. The van der Waals surface area contributed by atoms with Crippen molar-refractivity contribution < 1.29 is 4.79 Å². The minimum Gasteiger partial charge on any atom is -0.350 e. The fraction of sp³-hybridized carbons (Fsp3) is 0.308. The number of imidazole rings is 1. The van der Waals surface area contributed by atoms with E-state index in [0.29, 0.717) is 0 Å². The fourth-order valence-electron chi connectivity index (χ4n) is 4.45. The van der Waals surface area contributed by atoms with Gasteiger partial charge in [-0.25, -0.2) is 4.98 Å². The minimum atomic E-state index is -0.00804. The standard InChI is InChI=1S/C26H28N4OS/c31-25(12-11-23-18-22-19-27-24-9-4-10-26(32-23)30(22)24)28-21-13-16-29(17-14-21)15-5-8-20-6-2-1-3-7-20/h1-4,6-7,9-12,18-19,21H,5,8,13-17H2,(H,28,31)/b12-11-. The molecular weight excluding hydrogens is 416 g/mol. The second-order valence-corrected chi connectivity index (χ2v) is 9.53. The summed E-state index contributed by atoms with van der Waals surface area (Å²) in [5.74, 6) is -0.00804. The molecule has 0 spiro atoms. The first-order valence-electron chi connectivity index (χ1n) is 11.4. The van der Waals surface area contributed by atoms with Gasteiger partial charge in [0.2, 0.25) is 5.91 Å². The number of aromatic nitrogens is 2. The van der Waals surface area contributed by atoms with Crippen molar-refractivity contribution in [1.82, 2.24) is 19.6 Å². The van der Waals surface area contributed by atoms with Gasteiger partial charge in [0.1, 0.15) is 5.65 Å². The number of carbonyl (C=O) groups excluding carboxylic acids is 1. The zero-order chi connectivity index (χ0) is 21.8. The Morgan fingerprint density at radius 2 is 1.97 bits per heavy atom. The highest BCUT2D eigenvalue weighted by Crippen LogP contribution is 2.34. The fourth-order valence-corrected chi connectivity index (χ4v) is 5.44. The Morgan fingerprint density at radius 1 is 1.12 bits per heavy atom. The van der Waals surface area contributed by atoms with E-state index in [-0.39, 0.29) is 11.9 Å². The van der Waals surface area contributed by atoms with Crippen LogP contribution < -0.4 is 5.32 Å². The summed E-state index contributed by atoms with van der Waals surface area (Å²) in [4.78, 5) is 20.5. The third kappa shape index (κ3) is 4.97. The number of nitrogens with one attached hydrogen (secondary N) is 1. The number of likely N-dealkylation sites (tertiary alicyclic amines) is 1. The molecule has 1 amide bonds. The van der Waals surface area contributed by atoms with E-state index in [1.165, 1.54) is 12.0 Å². The third-order valence-electron chi connectivity index (χ3n) is 6.15. The van der Waals surface area contributed by atoms with Crippen LogP contribution in [0.15, 0.2) is 76.8 Å². The van der Waals surface area contributed by atoms with Gasteiger partial charge in [-0.2, -0.15) is 0 Å². The number of carbonyl (C=O) groups is 1. The summed E-state index contributed by atoms with van der Waals surface area (Å²) in [6.45, 7) is 3.24. The SMILES string of the molecule is O=C(/C=C\C1=Cc2cnc3cccc(n23)S1)NC1CCN(CCCc2ccccc2)CC1. The van der Waals surface area contributed by atoms with Crippen molar-refractivity contribution in [2.45, 2.75) is 36.8 Å². The molecule has 1 fully saturated rings. The lowest BCUT2D eigenvalue weighted by Crippen LogP contribution is -2.44. The van der Waals surface area contributed by atoms with Crippen molar-refractivity contribution >= 4 is 29.4 Å². The zero-order valence-corrected chi connectivity index (χ0v) is 18.9. The molecule has 32 heavy (non-hydrogen) atoms. The normalized spacial score (nSPS) is 17.1. The molecule has 6 heteroatoms. The maximum Gasteiger partial charge on any atom is 0.244 e. The predicted octanol–water partition coefficient (Wildman–Crippen LogP) is 4.55. The van der Waals surface area contributed by atoms with Crippen LogP contribution in [-0.4, -0.2) is 45.9 Å². The number of benzene rings is 1. The molecule has 3 aromatic rings. The lowest BCUT2D eigenvalue weighted by atomic mass is 10.0.